The first-order valence-electron chi connectivity index (χ1n) is 7.36. The Kier molecular flexibility index (Phi) is 5.01. The number of hydrogen-bond acceptors (Lipinski definition) is 3. The van der Waals surface area contributed by atoms with Crippen LogP contribution < -0.4 is 0 Å². The normalized spacial score (nSPS) is 31.4. The van der Waals surface area contributed by atoms with E-state index in [-0.39, 0.29) is 5.92 Å². The van der Waals surface area contributed by atoms with Crippen LogP contribution in [0.3, 0.4) is 0 Å². The van der Waals surface area contributed by atoms with Crippen molar-refractivity contribution in [2.75, 3.05) is 32.7 Å². The average Bonchev–Trinajstić information content (AvgIpc) is 2.38. The standard InChI is InChI=1S/C14H26N2O2/c1-12-11-13(14(17)18)5-8-16(12)10-9-15-6-3-2-4-7-15/h12-13H,2-11H2,1H3,(H,17,18). The number of nitrogens with zero attached hydrogens (tertiary/aromatic N) is 2. The summed E-state index contributed by atoms with van der Waals surface area (Å²) in [6, 6.07) is 0.421. The number of aliphatic carboxylic acids is 1. The van der Waals surface area contributed by atoms with Crippen molar-refractivity contribution in [2.24, 2.45) is 5.92 Å². The third-order valence-electron chi connectivity index (χ3n) is 4.52. The van der Waals surface area contributed by atoms with Gasteiger partial charge in [-0.1, -0.05) is 6.42 Å². The maximum absolute atomic E-state index is 11.0. The maximum Gasteiger partial charge on any atom is 0.306 e. The van der Waals surface area contributed by atoms with E-state index in [2.05, 4.69) is 16.7 Å². The minimum atomic E-state index is -0.613. The molecule has 104 valence electrons. The van der Waals surface area contributed by atoms with E-state index in [0.29, 0.717) is 6.04 Å². The van der Waals surface area contributed by atoms with Gasteiger partial charge in [0.25, 0.3) is 0 Å². The molecule has 0 aromatic heterocycles. The topological polar surface area (TPSA) is 43.8 Å². The SMILES string of the molecule is CC1CC(C(=O)O)CCN1CCN1CCCCC1. The Labute approximate surface area is 110 Å². The van der Waals surface area contributed by atoms with E-state index in [1.807, 2.05) is 0 Å². The third-order valence-corrected chi connectivity index (χ3v) is 4.52. The molecule has 0 spiro atoms. The van der Waals surface area contributed by atoms with Crippen LogP contribution in [0.5, 0.6) is 0 Å². The van der Waals surface area contributed by atoms with Gasteiger partial charge in [0, 0.05) is 19.1 Å². The van der Waals surface area contributed by atoms with E-state index in [1.165, 1.54) is 32.4 Å². The van der Waals surface area contributed by atoms with Crippen molar-refractivity contribution in [3.63, 3.8) is 0 Å². The van der Waals surface area contributed by atoms with Crippen molar-refractivity contribution in [3.8, 4) is 0 Å². The summed E-state index contributed by atoms with van der Waals surface area (Å²) in [6.45, 7) is 7.88. The van der Waals surface area contributed by atoms with Gasteiger partial charge >= 0.3 is 5.97 Å². The van der Waals surface area contributed by atoms with Crippen LogP contribution >= 0.6 is 0 Å². The highest BCUT2D eigenvalue weighted by Crippen LogP contribution is 2.22. The molecule has 2 heterocycles. The lowest BCUT2D eigenvalue weighted by Gasteiger charge is -2.38. The average molecular weight is 254 g/mol. The van der Waals surface area contributed by atoms with Gasteiger partial charge in [-0.05, 0) is 52.2 Å². The lowest BCUT2D eigenvalue weighted by Crippen LogP contribution is -2.46. The quantitative estimate of drug-likeness (QED) is 0.828. The Morgan fingerprint density at radius 3 is 2.50 bits per heavy atom. The summed E-state index contributed by atoms with van der Waals surface area (Å²) in [4.78, 5) is 16.0. The third kappa shape index (κ3) is 3.69. The van der Waals surface area contributed by atoms with Gasteiger partial charge in [-0.15, -0.1) is 0 Å². The molecule has 0 aromatic rings. The van der Waals surface area contributed by atoms with Gasteiger partial charge in [0.1, 0.15) is 0 Å². The van der Waals surface area contributed by atoms with Gasteiger partial charge < -0.3 is 10.0 Å². The van der Waals surface area contributed by atoms with Gasteiger partial charge in [-0.3, -0.25) is 9.69 Å². The summed E-state index contributed by atoms with van der Waals surface area (Å²) in [5.41, 5.74) is 0. The monoisotopic (exact) mass is 254 g/mol. The molecule has 4 heteroatoms. The first-order valence-corrected chi connectivity index (χ1v) is 7.36. The van der Waals surface area contributed by atoms with Crippen LogP contribution in [0.2, 0.25) is 0 Å². The molecule has 0 radical (unpaired) electrons. The summed E-state index contributed by atoms with van der Waals surface area (Å²) in [7, 11) is 0. The molecule has 0 aliphatic carbocycles. The molecule has 2 aliphatic rings. The molecule has 0 saturated carbocycles. The van der Waals surface area contributed by atoms with Crippen LogP contribution in [-0.4, -0.2) is 59.6 Å². The van der Waals surface area contributed by atoms with Gasteiger partial charge in [-0.25, -0.2) is 0 Å². The molecule has 2 rings (SSSR count). The van der Waals surface area contributed by atoms with E-state index < -0.39 is 5.97 Å². The molecule has 2 aliphatic heterocycles. The molecular formula is C14H26N2O2. The molecule has 2 atom stereocenters. The zero-order chi connectivity index (χ0) is 13.0. The second-order valence-corrected chi connectivity index (χ2v) is 5.85. The van der Waals surface area contributed by atoms with E-state index in [4.69, 9.17) is 5.11 Å². The van der Waals surface area contributed by atoms with Crippen molar-refractivity contribution >= 4 is 5.97 Å². The predicted molar refractivity (Wildman–Crippen MR) is 71.7 cm³/mol. The predicted octanol–water partition coefficient (Wildman–Crippen LogP) is 1.66. The maximum atomic E-state index is 11.0. The fourth-order valence-electron chi connectivity index (χ4n) is 3.23. The molecule has 1 N–H and O–H groups in total. The zero-order valence-corrected chi connectivity index (χ0v) is 11.5. The lowest BCUT2D eigenvalue weighted by molar-refractivity contribution is -0.144. The van der Waals surface area contributed by atoms with Crippen molar-refractivity contribution in [3.05, 3.63) is 0 Å². The van der Waals surface area contributed by atoms with Gasteiger partial charge in [0.15, 0.2) is 0 Å². The number of piperidine rings is 2. The lowest BCUT2D eigenvalue weighted by atomic mass is 9.92. The highest BCUT2D eigenvalue weighted by atomic mass is 16.4. The van der Waals surface area contributed by atoms with Crippen molar-refractivity contribution < 1.29 is 9.90 Å². The van der Waals surface area contributed by atoms with E-state index >= 15 is 0 Å². The van der Waals surface area contributed by atoms with Crippen LogP contribution in [-0.2, 0) is 4.79 Å². The molecule has 0 amide bonds. The van der Waals surface area contributed by atoms with Crippen LogP contribution in [0, 0.1) is 5.92 Å². The number of likely N-dealkylation sites (tertiary alicyclic amines) is 2. The Bertz CT molecular complexity index is 277. The highest BCUT2D eigenvalue weighted by molar-refractivity contribution is 5.70. The molecule has 0 bridgehead atoms. The smallest absolute Gasteiger partial charge is 0.306 e. The van der Waals surface area contributed by atoms with Gasteiger partial charge in [0.2, 0.25) is 0 Å². The first-order chi connectivity index (χ1) is 8.66. The summed E-state index contributed by atoms with van der Waals surface area (Å²) < 4.78 is 0. The summed E-state index contributed by atoms with van der Waals surface area (Å²) >= 11 is 0. The summed E-state index contributed by atoms with van der Waals surface area (Å²) in [6.07, 6.45) is 5.71. The molecule has 2 saturated heterocycles. The van der Waals surface area contributed by atoms with Gasteiger partial charge in [-0.2, -0.15) is 0 Å². The molecule has 2 unspecified atom stereocenters. The Balaban J connectivity index is 1.71. The fourth-order valence-corrected chi connectivity index (χ4v) is 3.23. The second-order valence-electron chi connectivity index (χ2n) is 5.85. The van der Waals surface area contributed by atoms with Crippen LogP contribution in [0.15, 0.2) is 0 Å². The Morgan fingerprint density at radius 2 is 1.89 bits per heavy atom. The van der Waals surface area contributed by atoms with Gasteiger partial charge in [0.05, 0.1) is 5.92 Å². The Hall–Kier alpha value is -0.610. The number of carboxylic acid groups (broad SMARTS) is 1. The van der Waals surface area contributed by atoms with Crippen LogP contribution in [0.1, 0.15) is 39.0 Å². The Morgan fingerprint density at radius 1 is 1.17 bits per heavy atom. The molecule has 18 heavy (non-hydrogen) atoms. The minimum absolute atomic E-state index is 0.119. The van der Waals surface area contributed by atoms with E-state index in [9.17, 15) is 4.79 Å². The number of rotatable bonds is 4. The minimum Gasteiger partial charge on any atom is -0.481 e. The summed E-state index contributed by atoms with van der Waals surface area (Å²) in [5, 5.41) is 9.05. The molecule has 0 aromatic carbocycles. The van der Waals surface area contributed by atoms with E-state index in [0.717, 1.165) is 32.5 Å². The number of carbonyl (C=O) groups is 1. The largest absolute Gasteiger partial charge is 0.481 e. The van der Waals surface area contributed by atoms with Crippen LogP contribution in [0.25, 0.3) is 0 Å². The fraction of sp³-hybridized carbons (Fsp3) is 0.929. The van der Waals surface area contributed by atoms with E-state index in [1.54, 1.807) is 0 Å². The number of carboxylic acids is 1. The van der Waals surface area contributed by atoms with Crippen molar-refractivity contribution in [2.45, 2.75) is 45.1 Å². The molecular weight excluding hydrogens is 228 g/mol. The highest BCUT2D eigenvalue weighted by Gasteiger charge is 2.29. The zero-order valence-electron chi connectivity index (χ0n) is 11.5. The summed E-state index contributed by atoms with van der Waals surface area (Å²) in [5.74, 6) is -0.733. The molecule has 4 nitrogen and oxygen atoms in total. The van der Waals surface area contributed by atoms with Crippen molar-refractivity contribution in [1.29, 1.82) is 0 Å². The molecule has 2 fully saturated rings. The van der Waals surface area contributed by atoms with Crippen molar-refractivity contribution in [1.82, 2.24) is 9.80 Å². The second kappa shape index (κ2) is 6.53. The number of hydrogen-bond donors (Lipinski definition) is 1. The first kappa shape index (κ1) is 13.8. The van der Waals surface area contributed by atoms with Crippen LogP contribution in [0.4, 0.5) is 0 Å².